The molecule has 0 unspecified atom stereocenters. The first-order chi connectivity index (χ1) is 19.6. The van der Waals surface area contributed by atoms with Crippen molar-refractivity contribution >= 4 is 5.69 Å². The maximum Gasteiger partial charge on any atom is 0.142 e. The van der Waals surface area contributed by atoms with Crippen LogP contribution in [0.25, 0.3) is 0 Å². The van der Waals surface area contributed by atoms with Gasteiger partial charge in [-0.1, -0.05) is 36.8 Å². The molecule has 0 aromatic heterocycles. The van der Waals surface area contributed by atoms with Gasteiger partial charge in [0.15, 0.2) is 0 Å². The maximum absolute atomic E-state index is 9.93. The average Bonchev–Trinajstić information content (AvgIpc) is 2.98. The van der Waals surface area contributed by atoms with E-state index in [-0.39, 0.29) is 6.10 Å². The van der Waals surface area contributed by atoms with Gasteiger partial charge in [0.1, 0.15) is 12.4 Å². The molecule has 2 aliphatic rings. The highest BCUT2D eigenvalue weighted by Gasteiger charge is 2.35. The molecular formula is C33H49NO6. The Morgan fingerprint density at radius 1 is 1.00 bits per heavy atom. The Labute approximate surface area is 240 Å². The first kappa shape index (κ1) is 30.8. The molecule has 1 N–H and O–H groups in total. The molecule has 4 rings (SSSR count). The van der Waals surface area contributed by atoms with E-state index in [1.807, 2.05) is 0 Å². The quantitative estimate of drug-likeness (QED) is 0.279. The highest BCUT2D eigenvalue weighted by atomic mass is 16.5. The fraction of sp³-hybridized carbons (Fsp3) is 0.636. The zero-order valence-electron chi connectivity index (χ0n) is 24.7. The van der Waals surface area contributed by atoms with E-state index in [1.54, 1.807) is 21.1 Å². The van der Waals surface area contributed by atoms with E-state index >= 15 is 0 Å². The van der Waals surface area contributed by atoms with E-state index in [9.17, 15) is 5.11 Å². The number of hydrogen-bond acceptors (Lipinski definition) is 7. The van der Waals surface area contributed by atoms with Gasteiger partial charge in [-0.3, -0.25) is 0 Å². The second-order valence-electron chi connectivity index (χ2n) is 11.2. The predicted octanol–water partition coefficient (Wildman–Crippen LogP) is 5.37. The van der Waals surface area contributed by atoms with E-state index in [0.717, 1.165) is 64.2 Å². The van der Waals surface area contributed by atoms with Crippen LogP contribution in [-0.4, -0.2) is 77.7 Å². The monoisotopic (exact) mass is 555 g/mol. The van der Waals surface area contributed by atoms with Crippen molar-refractivity contribution in [3.05, 3.63) is 59.2 Å². The molecule has 0 radical (unpaired) electrons. The third kappa shape index (κ3) is 8.92. The van der Waals surface area contributed by atoms with Crippen molar-refractivity contribution in [1.29, 1.82) is 0 Å². The Morgan fingerprint density at radius 2 is 1.80 bits per heavy atom. The predicted molar refractivity (Wildman–Crippen MR) is 158 cm³/mol. The summed E-state index contributed by atoms with van der Waals surface area (Å²) in [6.45, 7) is 7.36. The summed E-state index contributed by atoms with van der Waals surface area (Å²) in [4.78, 5) is 2.44. The summed E-state index contributed by atoms with van der Waals surface area (Å²) in [5.41, 5.74) is 5.06. The fourth-order valence-electron chi connectivity index (χ4n) is 6.13. The van der Waals surface area contributed by atoms with Crippen molar-refractivity contribution in [2.75, 3.05) is 65.2 Å². The molecule has 222 valence electrons. The molecule has 0 bridgehead atoms. The number of rotatable bonds is 16. The SMILES string of the molecule is COCCCN1CCOc2ccc(CC[C@H]3CCC[C@@H](OC[C@@H](C)O)[C@@H]3c3ccc(COCCOC)cc3)cc21. The van der Waals surface area contributed by atoms with Crippen LogP contribution in [-0.2, 0) is 32.0 Å². The molecule has 2 aromatic carbocycles. The minimum atomic E-state index is -0.461. The van der Waals surface area contributed by atoms with Crippen LogP contribution < -0.4 is 9.64 Å². The summed E-state index contributed by atoms with van der Waals surface area (Å²) >= 11 is 0. The minimum Gasteiger partial charge on any atom is -0.490 e. The summed E-state index contributed by atoms with van der Waals surface area (Å²) in [5, 5.41) is 9.93. The molecule has 0 spiro atoms. The number of ether oxygens (including phenoxy) is 5. The molecule has 7 heteroatoms. The summed E-state index contributed by atoms with van der Waals surface area (Å²) < 4.78 is 28.4. The van der Waals surface area contributed by atoms with Crippen molar-refractivity contribution in [3.8, 4) is 5.75 Å². The number of hydrogen-bond donors (Lipinski definition) is 1. The van der Waals surface area contributed by atoms with Gasteiger partial charge < -0.3 is 33.7 Å². The topological polar surface area (TPSA) is 69.6 Å². The van der Waals surface area contributed by atoms with Crippen LogP contribution in [0.15, 0.2) is 42.5 Å². The van der Waals surface area contributed by atoms with Crippen molar-refractivity contribution in [2.45, 2.75) is 70.2 Å². The Kier molecular flexibility index (Phi) is 12.6. The van der Waals surface area contributed by atoms with Crippen LogP contribution in [0.5, 0.6) is 5.75 Å². The van der Waals surface area contributed by atoms with Gasteiger partial charge in [-0.25, -0.2) is 0 Å². The van der Waals surface area contributed by atoms with Gasteiger partial charge >= 0.3 is 0 Å². The molecule has 1 saturated carbocycles. The van der Waals surface area contributed by atoms with Crippen molar-refractivity contribution < 1.29 is 28.8 Å². The zero-order chi connectivity index (χ0) is 28.2. The fourth-order valence-corrected chi connectivity index (χ4v) is 6.13. The highest BCUT2D eigenvalue weighted by Crippen LogP contribution is 2.42. The number of fused-ring (bicyclic) bond motifs is 1. The number of anilines is 1. The highest BCUT2D eigenvalue weighted by molar-refractivity contribution is 5.61. The van der Waals surface area contributed by atoms with Gasteiger partial charge in [-0.2, -0.15) is 0 Å². The number of methoxy groups -OCH3 is 2. The maximum atomic E-state index is 9.93. The second kappa shape index (κ2) is 16.3. The minimum absolute atomic E-state index is 0.116. The number of aliphatic hydroxyl groups is 1. The summed E-state index contributed by atoms with van der Waals surface area (Å²) in [6, 6.07) is 15.6. The lowest BCUT2D eigenvalue weighted by Crippen LogP contribution is -2.35. The number of nitrogens with zero attached hydrogens (tertiary/aromatic N) is 1. The van der Waals surface area contributed by atoms with Crippen molar-refractivity contribution in [3.63, 3.8) is 0 Å². The Hall–Kier alpha value is -2.16. The summed E-state index contributed by atoms with van der Waals surface area (Å²) in [5.74, 6) is 1.81. The first-order valence-corrected chi connectivity index (χ1v) is 15.0. The number of aryl methyl sites for hydroxylation is 1. The third-order valence-corrected chi connectivity index (χ3v) is 8.15. The normalized spacial score (nSPS) is 21.6. The lowest BCUT2D eigenvalue weighted by atomic mass is 9.71. The van der Waals surface area contributed by atoms with Crippen LogP contribution in [0.3, 0.4) is 0 Å². The van der Waals surface area contributed by atoms with Crippen LogP contribution in [0.1, 0.15) is 61.6 Å². The van der Waals surface area contributed by atoms with E-state index < -0.39 is 6.10 Å². The molecular weight excluding hydrogens is 506 g/mol. The van der Waals surface area contributed by atoms with Crippen molar-refractivity contribution in [2.24, 2.45) is 5.92 Å². The Morgan fingerprint density at radius 3 is 2.58 bits per heavy atom. The van der Waals surface area contributed by atoms with E-state index in [2.05, 4.69) is 47.4 Å². The van der Waals surface area contributed by atoms with Gasteiger partial charge in [0, 0.05) is 33.3 Å². The molecule has 4 atom stereocenters. The van der Waals surface area contributed by atoms with Gasteiger partial charge in [0.2, 0.25) is 0 Å². The lowest BCUT2D eigenvalue weighted by molar-refractivity contribution is -0.0413. The standard InChI is InChI=1S/C33H49NO6/c1-25(35)23-40-32-7-4-6-28(33(32)29-13-9-27(10-14-29)24-38-21-20-37-3)12-8-26-11-15-31-30(22-26)34(17-19-39-31)16-5-18-36-2/h9-11,13-15,22,25,28,32-33,35H,4-8,12,16-21,23-24H2,1-3H3/t25-,28-,32-,33+/m1/s1. The van der Waals surface area contributed by atoms with Gasteiger partial charge in [0.05, 0.1) is 50.9 Å². The second-order valence-corrected chi connectivity index (χ2v) is 11.2. The molecule has 0 saturated heterocycles. The van der Waals surface area contributed by atoms with E-state index in [1.165, 1.54) is 28.8 Å². The molecule has 1 aliphatic carbocycles. The van der Waals surface area contributed by atoms with Gasteiger partial charge in [-0.05, 0) is 73.8 Å². The lowest BCUT2D eigenvalue weighted by Gasteiger charge is -2.39. The summed E-state index contributed by atoms with van der Waals surface area (Å²) in [7, 11) is 3.45. The molecule has 0 amide bonds. The molecule has 1 aliphatic heterocycles. The molecule has 2 aromatic rings. The first-order valence-electron chi connectivity index (χ1n) is 15.0. The van der Waals surface area contributed by atoms with Crippen LogP contribution in [0.2, 0.25) is 0 Å². The Bertz CT molecular complexity index is 997. The van der Waals surface area contributed by atoms with Crippen molar-refractivity contribution in [1.82, 2.24) is 0 Å². The number of aliphatic hydroxyl groups excluding tert-OH is 1. The molecule has 40 heavy (non-hydrogen) atoms. The smallest absolute Gasteiger partial charge is 0.142 e. The molecule has 1 fully saturated rings. The van der Waals surface area contributed by atoms with Crippen LogP contribution in [0.4, 0.5) is 5.69 Å². The largest absolute Gasteiger partial charge is 0.490 e. The van der Waals surface area contributed by atoms with E-state index in [0.29, 0.717) is 38.3 Å². The molecule has 7 nitrogen and oxygen atoms in total. The number of benzene rings is 2. The Balaban J connectivity index is 1.45. The van der Waals surface area contributed by atoms with Gasteiger partial charge in [-0.15, -0.1) is 0 Å². The zero-order valence-corrected chi connectivity index (χ0v) is 24.7. The third-order valence-electron chi connectivity index (χ3n) is 8.15. The molecule has 1 heterocycles. The van der Waals surface area contributed by atoms with Crippen LogP contribution in [0, 0.1) is 5.92 Å². The van der Waals surface area contributed by atoms with E-state index in [4.69, 9.17) is 23.7 Å². The van der Waals surface area contributed by atoms with Crippen LogP contribution >= 0.6 is 0 Å². The van der Waals surface area contributed by atoms with Gasteiger partial charge in [0.25, 0.3) is 0 Å². The average molecular weight is 556 g/mol. The summed E-state index contributed by atoms with van der Waals surface area (Å²) in [6.07, 6.45) is 6.17.